The zero-order valence-corrected chi connectivity index (χ0v) is 12.2. The van der Waals surface area contributed by atoms with Gasteiger partial charge >= 0.3 is 0 Å². The van der Waals surface area contributed by atoms with Gasteiger partial charge in [-0.15, -0.1) is 0 Å². The van der Waals surface area contributed by atoms with E-state index in [9.17, 15) is 0 Å². The number of nitriles is 1. The third kappa shape index (κ3) is 3.23. The summed E-state index contributed by atoms with van der Waals surface area (Å²) in [4.78, 5) is 0. The van der Waals surface area contributed by atoms with Gasteiger partial charge in [0.05, 0.1) is 11.6 Å². The molecule has 0 saturated heterocycles. The third-order valence-electron chi connectivity index (χ3n) is 2.74. The number of benzene rings is 2. The average molecular weight is 348 g/mol. The fourth-order valence-corrected chi connectivity index (χ4v) is 2.12. The maximum absolute atomic E-state index is 8.87. The van der Waals surface area contributed by atoms with Gasteiger partial charge in [-0.25, -0.2) is 0 Å². The smallest absolute Gasteiger partial charge is 0.0992 e. The average Bonchev–Trinajstić information content (AvgIpc) is 2.39. The summed E-state index contributed by atoms with van der Waals surface area (Å²) in [5.41, 5.74) is 2.88. The van der Waals surface area contributed by atoms with E-state index in [0.717, 1.165) is 5.69 Å². The first-order valence-electron chi connectivity index (χ1n) is 5.71. The lowest BCUT2D eigenvalue weighted by molar-refractivity contribution is 0.884. The fraction of sp³-hybridized carbons (Fsp3) is 0.133. The zero-order chi connectivity index (χ0) is 13.0. The monoisotopic (exact) mass is 348 g/mol. The standard InChI is InChI=1S/C15H13IN2/c1-11(13-5-7-14(16)8-6-13)18-15-4-2-3-12(9-15)10-17/h2-9,11,18H,1H3. The van der Waals surface area contributed by atoms with E-state index in [1.165, 1.54) is 9.13 Å². The molecule has 0 saturated carbocycles. The molecule has 1 N–H and O–H groups in total. The quantitative estimate of drug-likeness (QED) is 0.838. The molecular weight excluding hydrogens is 335 g/mol. The topological polar surface area (TPSA) is 35.8 Å². The first kappa shape index (κ1) is 12.9. The van der Waals surface area contributed by atoms with E-state index in [2.05, 4.69) is 65.2 Å². The molecule has 0 bridgehead atoms. The van der Waals surface area contributed by atoms with Crippen LogP contribution >= 0.6 is 22.6 Å². The second-order valence-corrected chi connectivity index (χ2v) is 5.36. The molecule has 0 amide bonds. The van der Waals surface area contributed by atoms with Crippen molar-refractivity contribution >= 4 is 28.3 Å². The van der Waals surface area contributed by atoms with Gasteiger partial charge in [0, 0.05) is 15.3 Å². The highest BCUT2D eigenvalue weighted by molar-refractivity contribution is 14.1. The van der Waals surface area contributed by atoms with Crippen LogP contribution in [0.25, 0.3) is 0 Å². The number of halogens is 1. The van der Waals surface area contributed by atoms with Crippen molar-refractivity contribution in [1.82, 2.24) is 0 Å². The molecule has 0 fully saturated rings. The number of hydrogen-bond acceptors (Lipinski definition) is 2. The van der Waals surface area contributed by atoms with Gasteiger partial charge in [0.2, 0.25) is 0 Å². The van der Waals surface area contributed by atoms with Crippen molar-refractivity contribution < 1.29 is 0 Å². The highest BCUT2D eigenvalue weighted by Crippen LogP contribution is 2.20. The molecule has 1 unspecified atom stereocenters. The van der Waals surface area contributed by atoms with Gasteiger partial charge < -0.3 is 5.32 Å². The first-order valence-corrected chi connectivity index (χ1v) is 6.79. The lowest BCUT2D eigenvalue weighted by atomic mass is 10.1. The number of nitrogens with zero attached hydrogens (tertiary/aromatic N) is 1. The van der Waals surface area contributed by atoms with Crippen molar-refractivity contribution in [3.8, 4) is 6.07 Å². The van der Waals surface area contributed by atoms with Gasteiger partial charge in [0.25, 0.3) is 0 Å². The third-order valence-corrected chi connectivity index (χ3v) is 3.46. The van der Waals surface area contributed by atoms with Crippen LogP contribution in [0.15, 0.2) is 48.5 Å². The van der Waals surface area contributed by atoms with Crippen molar-refractivity contribution in [2.75, 3.05) is 5.32 Å². The van der Waals surface area contributed by atoms with E-state index in [0.29, 0.717) is 5.56 Å². The predicted octanol–water partition coefficient (Wildman–Crippen LogP) is 4.34. The summed E-state index contributed by atoms with van der Waals surface area (Å²) in [5, 5.41) is 12.3. The summed E-state index contributed by atoms with van der Waals surface area (Å²) in [5.74, 6) is 0. The molecule has 0 aliphatic rings. The molecule has 0 radical (unpaired) electrons. The lowest BCUT2D eigenvalue weighted by Crippen LogP contribution is -2.06. The second-order valence-electron chi connectivity index (χ2n) is 4.11. The van der Waals surface area contributed by atoms with E-state index in [4.69, 9.17) is 5.26 Å². The van der Waals surface area contributed by atoms with Gasteiger partial charge in [-0.1, -0.05) is 18.2 Å². The van der Waals surface area contributed by atoms with Crippen LogP contribution < -0.4 is 5.32 Å². The number of rotatable bonds is 3. The Morgan fingerprint density at radius 2 is 1.89 bits per heavy atom. The highest BCUT2D eigenvalue weighted by Gasteiger charge is 2.05. The Balaban J connectivity index is 2.13. The van der Waals surface area contributed by atoms with Crippen LogP contribution in [-0.2, 0) is 0 Å². The molecule has 0 heterocycles. The lowest BCUT2D eigenvalue weighted by Gasteiger charge is -2.16. The molecule has 2 aromatic rings. The number of nitrogens with one attached hydrogen (secondary N) is 1. The maximum Gasteiger partial charge on any atom is 0.0992 e. The van der Waals surface area contributed by atoms with Gasteiger partial charge in [-0.2, -0.15) is 5.26 Å². The van der Waals surface area contributed by atoms with Crippen LogP contribution in [-0.4, -0.2) is 0 Å². The van der Waals surface area contributed by atoms with E-state index < -0.39 is 0 Å². The van der Waals surface area contributed by atoms with Crippen LogP contribution in [0.5, 0.6) is 0 Å². The number of anilines is 1. The first-order chi connectivity index (χ1) is 8.69. The van der Waals surface area contributed by atoms with Crippen molar-refractivity contribution in [1.29, 1.82) is 5.26 Å². The number of hydrogen-bond donors (Lipinski definition) is 1. The van der Waals surface area contributed by atoms with Crippen LogP contribution in [0.2, 0.25) is 0 Å². The van der Waals surface area contributed by atoms with E-state index in [1.54, 1.807) is 6.07 Å². The minimum Gasteiger partial charge on any atom is -0.378 e. The molecule has 90 valence electrons. The van der Waals surface area contributed by atoms with Crippen LogP contribution in [0.3, 0.4) is 0 Å². The minimum absolute atomic E-state index is 0.218. The summed E-state index contributed by atoms with van der Waals surface area (Å²) in [7, 11) is 0. The maximum atomic E-state index is 8.87. The predicted molar refractivity (Wildman–Crippen MR) is 82.4 cm³/mol. The van der Waals surface area contributed by atoms with Gasteiger partial charge in [-0.3, -0.25) is 0 Å². The highest BCUT2D eigenvalue weighted by atomic mass is 127. The molecule has 2 aromatic carbocycles. The van der Waals surface area contributed by atoms with Crippen molar-refractivity contribution in [3.63, 3.8) is 0 Å². The van der Waals surface area contributed by atoms with Crippen LogP contribution in [0, 0.1) is 14.9 Å². The van der Waals surface area contributed by atoms with E-state index >= 15 is 0 Å². The van der Waals surface area contributed by atoms with Crippen LogP contribution in [0.1, 0.15) is 24.1 Å². The molecule has 0 aliphatic heterocycles. The normalized spacial score (nSPS) is 11.6. The Kier molecular flexibility index (Phi) is 4.21. The molecule has 1 atom stereocenters. The zero-order valence-electron chi connectivity index (χ0n) is 10.0. The summed E-state index contributed by atoms with van der Waals surface area (Å²) in [6, 6.07) is 18.3. The van der Waals surface area contributed by atoms with Gasteiger partial charge in [-0.05, 0) is 65.4 Å². The fourth-order valence-electron chi connectivity index (χ4n) is 1.76. The van der Waals surface area contributed by atoms with Gasteiger partial charge in [0.15, 0.2) is 0 Å². The Bertz CT molecular complexity index is 570. The van der Waals surface area contributed by atoms with Gasteiger partial charge in [0.1, 0.15) is 0 Å². The Labute approximate surface area is 121 Å². The summed E-state index contributed by atoms with van der Waals surface area (Å²) < 4.78 is 1.23. The SMILES string of the molecule is CC(Nc1cccc(C#N)c1)c1ccc(I)cc1. The Hall–Kier alpha value is -1.54. The molecule has 2 nitrogen and oxygen atoms in total. The van der Waals surface area contributed by atoms with Crippen molar-refractivity contribution in [2.45, 2.75) is 13.0 Å². The molecule has 0 spiro atoms. The largest absolute Gasteiger partial charge is 0.378 e. The molecule has 18 heavy (non-hydrogen) atoms. The molecular formula is C15H13IN2. The van der Waals surface area contributed by atoms with Crippen LogP contribution in [0.4, 0.5) is 5.69 Å². The van der Waals surface area contributed by atoms with E-state index in [1.807, 2.05) is 18.2 Å². The Morgan fingerprint density at radius 3 is 2.56 bits per heavy atom. The minimum atomic E-state index is 0.218. The molecule has 3 heteroatoms. The van der Waals surface area contributed by atoms with Crippen molar-refractivity contribution in [2.24, 2.45) is 0 Å². The summed E-state index contributed by atoms with van der Waals surface area (Å²) in [6.45, 7) is 2.11. The molecule has 0 aromatic heterocycles. The molecule has 2 rings (SSSR count). The summed E-state index contributed by atoms with van der Waals surface area (Å²) in [6.07, 6.45) is 0. The second kappa shape index (κ2) is 5.87. The molecule has 0 aliphatic carbocycles. The Morgan fingerprint density at radius 1 is 1.17 bits per heavy atom. The van der Waals surface area contributed by atoms with E-state index in [-0.39, 0.29) is 6.04 Å². The summed E-state index contributed by atoms with van der Waals surface area (Å²) >= 11 is 2.30. The van der Waals surface area contributed by atoms with Crippen molar-refractivity contribution in [3.05, 3.63) is 63.2 Å².